The number of hydrogen-bond acceptors (Lipinski definition) is 7. The molecule has 1 atom stereocenters. The number of nitrogens with zero attached hydrogens (tertiary/aromatic N) is 11. The molecule has 0 saturated heterocycles. The van der Waals surface area contributed by atoms with Gasteiger partial charge in [0.15, 0.2) is 30.6 Å². The van der Waals surface area contributed by atoms with Gasteiger partial charge in [-0.25, -0.2) is 43.2 Å². The Labute approximate surface area is 550 Å². The Morgan fingerprint density at radius 3 is 1.42 bits per heavy atom. The second-order valence-corrected chi connectivity index (χ2v) is 21.4. The van der Waals surface area contributed by atoms with E-state index in [4.69, 9.17) is 23.3 Å². The van der Waals surface area contributed by atoms with Crippen molar-refractivity contribution in [3.63, 3.8) is 0 Å². The number of rotatable bonds is 11. The van der Waals surface area contributed by atoms with Crippen LogP contribution in [0.2, 0.25) is 0 Å². The summed E-state index contributed by atoms with van der Waals surface area (Å²) in [5.74, 6) is -2.13. The van der Waals surface area contributed by atoms with E-state index in [2.05, 4.69) is 96.6 Å². The molecule has 0 fully saturated rings. The van der Waals surface area contributed by atoms with Crippen LogP contribution in [0.4, 0.5) is 0 Å². The average molecular weight is 1190 g/mol. The molecule has 0 aliphatic carbocycles. The molecule has 12 aromatic rings. The highest BCUT2D eigenvalue weighted by Gasteiger charge is 2.19. The van der Waals surface area contributed by atoms with Crippen molar-refractivity contribution in [1.29, 1.82) is 0 Å². The van der Waals surface area contributed by atoms with E-state index in [9.17, 15) is 0 Å². The highest BCUT2D eigenvalue weighted by molar-refractivity contribution is 5.70. The fraction of sp³-hybridized carbons (Fsp3) is 0.218. The standard InChI is InChI=1S/C21H24N3.C20H21N2.C19H19N2.C18H19N4/c1-15(2)11-21-22-12-18(13-23-21)17-9-10-20(24(4)14-17)19-8-6-5-7-16(19)3;1-4-17-9-7-11-19(21-17)16-12-13-22(3)20(14-16)18-10-6-5-8-15(18)2;1-14-7-4-5-9-17(14)19-13-16(11-12-21(19)3)18-10-6-8-15(2)20-18;1-12-7-5-6-8-16(12)17-10-9-15(11-22(17)4)18-20-13(2)19-14(3)21-18/h5-10,12-15H,11H2,1-4H3;5-14H,4H2,1-3H3;4-13H,1-3H3;5-11H,1-4H3/q4*+1/i1D3,11D2,15D;1D3,4D2;2*2D3. The monoisotopic (exact) mass is 1190 g/mol. The van der Waals surface area contributed by atoms with Crippen LogP contribution in [0.5, 0.6) is 0 Å². The van der Waals surface area contributed by atoms with Crippen LogP contribution in [-0.4, -0.2) is 34.9 Å². The lowest BCUT2D eigenvalue weighted by molar-refractivity contribution is -0.660. The zero-order valence-corrected chi connectivity index (χ0v) is 51.7. The van der Waals surface area contributed by atoms with Crippen LogP contribution in [0, 0.1) is 54.2 Å². The molecule has 8 aromatic heterocycles. The van der Waals surface area contributed by atoms with Crippen LogP contribution in [0.25, 0.3) is 90.1 Å². The molecule has 446 valence electrons. The molecule has 0 bridgehead atoms. The van der Waals surface area contributed by atoms with Gasteiger partial charge in [-0.1, -0.05) is 106 Å². The molecule has 12 rings (SSSR count). The van der Waals surface area contributed by atoms with Crippen molar-refractivity contribution in [1.82, 2.24) is 34.9 Å². The Bertz CT molecular complexity index is 5130. The molecular weight excluding hydrogens is 1090 g/mol. The van der Waals surface area contributed by atoms with Gasteiger partial charge in [-0.15, -0.1) is 0 Å². The third kappa shape index (κ3) is 16.3. The van der Waals surface area contributed by atoms with E-state index >= 15 is 0 Å². The quantitative estimate of drug-likeness (QED) is 0.119. The van der Waals surface area contributed by atoms with E-state index in [-0.39, 0.29) is 23.0 Å². The van der Waals surface area contributed by atoms with Crippen molar-refractivity contribution in [3.8, 4) is 90.1 Å². The van der Waals surface area contributed by atoms with Crippen molar-refractivity contribution in [3.05, 3.63) is 270 Å². The van der Waals surface area contributed by atoms with Gasteiger partial charge in [-0.3, -0.25) is 9.97 Å². The van der Waals surface area contributed by atoms with Crippen LogP contribution >= 0.6 is 0 Å². The van der Waals surface area contributed by atoms with Gasteiger partial charge in [0, 0.05) is 134 Å². The molecule has 0 aliphatic heterocycles. The molecule has 0 radical (unpaired) electrons. The highest BCUT2D eigenvalue weighted by atomic mass is 15.0. The van der Waals surface area contributed by atoms with Crippen molar-refractivity contribution in [2.75, 3.05) is 0 Å². The van der Waals surface area contributed by atoms with Gasteiger partial charge in [0.05, 0.1) is 17.0 Å². The molecule has 0 amide bonds. The first-order chi connectivity index (χ1) is 49.6. The largest absolute Gasteiger partial charge is 0.253 e. The Balaban J connectivity index is 0.000000164. The van der Waals surface area contributed by atoms with Crippen LogP contribution in [0.1, 0.15) is 95.0 Å². The number of aromatic nitrogens is 11. The summed E-state index contributed by atoms with van der Waals surface area (Å²) in [6.45, 7) is 0.807. The van der Waals surface area contributed by atoms with Crippen LogP contribution in [0.15, 0.2) is 219 Å². The zero-order chi connectivity index (χ0) is 77.6. The lowest BCUT2D eigenvalue weighted by Crippen LogP contribution is -2.31. The van der Waals surface area contributed by atoms with Crippen molar-refractivity contribution in [2.24, 2.45) is 34.1 Å². The maximum absolute atomic E-state index is 8.17. The first-order valence-corrected chi connectivity index (χ1v) is 28.8. The third-order valence-corrected chi connectivity index (χ3v) is 14.8. The summed E-state index contributed by atoms with van der Waals surface area (Å²) >= 11 is 0. The van der Waals surface area contributed by atoms with Crippen molar-refractivity contribution in [2.45, 2.75) is 81.7 Å². The van der Waals surface area contributed by atoms with Crippen LogP contribution < -0.4 is 18.3 Å². The Morgan fingerprint density at radius 1 is 0.438 bits per heavy atom. The van der Waals surface area contributed by atoms with E-state index in [0.717, 1.165) is 79.8 Å². The normalized spacial score (nSPS) is 15.1. The van der Waals surface area contributed by atoms with Crippen LogP contribution in [-0.2, 0) is 40.9 Å². The smallest absolute Gasteiger partial charge is 0.213 e. The second-order valence-electron chi connectivity index (χ2n) is 21.4. The maximum Gasteiger partial charge on any atom is 0.213 e. The lowest BCUT2D eigenvalue weighted by Gasteiger charge is -2.07. The van der Waals surface area contributed by atoms with Gasteiger partial charge >= 0.3 is 0 Å². The van der Waals surface area contributed by atoms with Crippen molar-refractivity contribution < 1.29 is 41.6 Å². The van der Waals surface area contributed by atoms with Gasteiger partial charge < -0.3 is 0 Å². The van der Waals surface area contributed by atoms with Crippen molar-refractivity contribution >= 4 is 0 Å². The molecule has 0 saturated carbocycles. The van der Waals surface area contributed by atoms with E-state index in [1.54, 1.807) is 31.2 Å². The van der Waals surface area contributed by atoms with Gasteiger partial charge in [0.1, 0.15) is 45.7 Å². The summed E-state index contributed by atoms with van der Waals surface area (Å²) in [4.78, 5) is 29.2. The van der Waals surface area contributed by atoms with Crippen LogP contribution in [0.3, 0.4) is 0 Å². The first kappa shape index (κ1) is 44.3. The number of aryl methyl sites for hydroxylation is 12. The predicted molar refractivity (Wildman–Crippen MR) is 360 cm³/mol. The topological polar surface area (TPSA) is 106 Å². The molecule has 0 N–H and O–H groups in total. The molecule has 8 heterocycles. The summed E-state index contributed by atoms with van der Waals surface area (Å²) in [5.41, 5.74) is 18.6. The fourth-order valence-corrected chi connectivity index (χ4v) is 10.1. The minimum atomic E-state index is -2.82. The van der Waals surface area contributed by atoms with E-state index in [1.807, 2.05) is 189 Å². The van der Waals surface area contributed by atoms with Gasteiger partial charge in [0.2, 0.25) is 22.8 Å². The molecule has 11 heteroatoms. The lowest BCUT2D eigenvalue weighted by atomic mass is 10.0. The molecule has 1 unspecified atom stereocenters. The van der Waals surface area contributed by atoms with E-state index < -0.39 is 46.0 Å². The summed E-state index contributed by atoms with van der Waals surface area (Å²) in [6, 6.07) is 58.2. The van der Waals surface area contributed by atoms with Gasteiger partial charge in [-0.2, -0.15) is 0 Å². The third-order valence-electron chi connectivity index (χ3n) is 14.8. The minimum Gasteiger partial charge on any atom is -0.253 e. The molecule has 11 nitrogen and oxygen atoms in total. The number of hydrogen-bond donors (Lipinski definition) is 0. The molecular formula is C78H83N11+4. The van der Waals surface area contributed by atoms with E-state index in [1.165, 1.54) is 35.2 Å². The van der Waals surface area contributed by atoms with Gasteiger partial charge in [0.25, 0.3) is 0 Å². The highest BCUT2D eigenvalue weighted by Crippen LogP contribution is 2.28. The Morgan fingerprint density at radius 2 is 0.921 bits per heavy atom. The molecule has 89 heavy (non-hydrogen) atoms. The van der Waals surface area contributed by atoms with E-state index in [0.29, 0.717) is 28.6 Å². The summed E-state index contributed by atoms with van der Waals surface area (Å²) in [5, 5.41) is 0. The SMILES string of the molecule is [2H]C([2H])([2H])C([2H])(C)C([2H])([2H])c1ncc(-c2ccc(-c3ccccc3C)[n+](C)c2)cn1.[2H]C([2H])([2H])C([2H])([2H])c1cccc(-c2cc[n+](C)c(-c3ccccc3C)c2)n1.[2H]C([2H])([2H])c1cccc(-c2cc[n+](C)c(-c3ccccc3C)c2)n1.[2H]C([2H])([2H])c1nc(C)nc(-c2ccc(-c3ccccc3C)[n+](C)c2)n1. The summed E-state index contributed by atoms with van der Waals surface area (Å²) in [6.07, 6.45) is 5.59. The second kappa shape index (κ2) is 29.5. The Kier molecular flexibility index (Phi) is 14.7. The summed E-state index contributed by atoms with van der Waals surface area (Å²) < 4.78 is 138. The molecule has 4 aromatic carbocycles. The predicted octanol–water partition coefficient (Wildman–Crippen LogP) is 15.1. The minimum absolute atomic E-state index is 0.0920. The maximum atomic E-state index is 8.17. The molecule has 0 aliphatic rings. The average Bonchev–Trinajstić information content (AvgIpc) is 0.750. The van der Waals surface area contributed by atoms with Gasteiger partial charge in [-0.05, 0) is 144 Å². The first-order valence-electron chi connectivity index (χ1n) is 37.3. The summed E-state index contributed by atoms with van der Waals surface area (Å²) in [7, 11) is 7.85. The zero-order valence-electron chi connectivity index (χ0n) is 68.7. The Hall–Kier alpha value is -10.1. The number of pyridine rings is 6. The molecule has 0 spiro atoms. The fourth-order valence-electron chi connectivity index (χ4n) is 10.1. The number of benzene rings is 4.